The van der Waals surface area contributed by atoms with E-state index in [1.54, 1.807) is 11.3 Å². The van der Waals surface area contributed by atoms with Crippen molar-refractivity contribution in [3.8, 4) is 0 Å². The number of rotatable bonds is 11. The Labute approximate surface area is 116 Å². The van der Waals surface area contributed by atoms with Gasteiger partial charge in [-0.15, -0.1) is 21.5 Å². The standard InChI is InChI=1S/C15H28N2S/c1-3-5-7-9-11-14(12-10-8-6-4-2)15-17-16-13-18-15/h13-14H,3-12H2,1-2H3. The molecule has 0 N–H and O–H groups in total. The van der Waals surface area contributed by atoms with E-state index in [2.05, 4.69) is 24.0 Å². The molecule has 1 heterocycles. The highest BCUT2D eigenvalue weighted by Crippen LogP contribution is 2.29. The molecule has 1 rings (SSSR count). The fraction of sp³-hybridized carbons (Fsp3) is 0.867. The molecule has 0 atom stereocenters. The van der Waals surface area contributed by atoms with Gasteiger partial charge >= 0.3 is 0 Å². The van der Waals surface area contributed by atoms with Gasteiger partial charge in [-0.05, 0) is 12.8 Å². The van der Waals surface area contributed by atoms with E-state index in [9.17, 15) is 0 Å². The lowest BCUT2D eigenvalue weighted by molar-refractivity contribution is 0.493. The van der Waals surface area contributed by atoms with Crippen molar-refractivity contribution in [3.63, 3.8) is 0 Å². The van der Waals surface area contributed by atoms with Crippen molar-refractivity contribution in [1.82, 2.24) is 10.2 Å². The van der Waals surface area contributed by atoms with Gasteiger partial charge in [0.25, 0.3) is 0 Å². The summed E-state index contributed by atoms with van der Waals surface area (Å²) in [5.74, 6) is 0.672. The maximum atomic E-state index is 4.28. The molecule has 0 unspecified atom stereocenters. The van der Waals surface area contributed by atoms with Crippen LogP contribution in [-0.4, -0.2) is 10.2 Å². The van der Waals surface area contributed by atoms with Gasteiger partial charge < -0.3 is 0 Å². The summed E-state index contributed by atoms with van der Waals surface area (Å²) in [5, 5.41) is 9.55. The van der Waals surface area contributed by atoms with Crippen LogP contribution in [0.25, 0.3) is 0 Å². The summed E-state index contributed by atoms with van der Waals surface area (Å²) < 4.78 is 0. The Morgan fingerprint density at radius 1 is 0.944 bits per heavy atom. The van der Waals surface area contributed by atoms with E-state index >= 15 is 0 Å². The lowest BCUT2D eigenvalue weighted by atomic mass is 9.95. The van der Waals surface area contributed by atoms with E-state index in [0.717, 1.165) is 0 Å². The molecule has 0 bridgehead atoms. The molecule has 0 saturated heterocycles. The van der Waals surface area contributed by atoms with Gasteiger partial charge in [0.2, 0.25) is 0 Å². The van der Waals surface area contributed by atoms with Crippen LogP contribution in [0.3, 0.4) is 0 Å². The van der Waals surface area contributed by atoms with E-state index in [1.807, 2.05) is 5.51 Å². The summed E-state index contributed by atoms with van der Waals surface area (Å²) in [4.78, 5) is 0. The van der Waals surface area contributed by atoms with Gasteiger partial charge in [0.1, 0.15) is 10.5 Å². The Balaban J connectivity index is 2.29. The Morgan fingerprint density at radius 3 is 2.00 bits per heavy atom. The Bertz CT molecular complexity index is 260. The normalized spacial score (nSPS) is 11.3. The Kier molecular flexibility index (Phi) is 9.09. The topological polar surface area (TPSA) is 25.8 Å². The fourth-order valence-corrected chi connectivity index (χ4v) is 3.11. The molecule has 3 heteroatoms. The first-order valence-corrected chi connectivity index (χ1v) is 8.52. The van der Waals surface area contributed by atoms with Crippen molar-refractivity contribution in [2.45, 2.75) is 84.0 Å². The molecular formula is C15H28N2S. The van der Waals surface area contributed by atoms with Gasteiger partial charge in [-0.3, -0.25) is 0 Å². The van der Waals surface area contributed by atoms with Crippen LogP contribution >= 0.6 is 11.3 Å². The smallest absolute Gasteiger partial charge is 0.120 e. The van der Waals surface area contributed by atoms with E-state index in [4.69, 9.17) is 0 Å². The van der Waals surface area contributed by atoms with Gasteiger partial charge in [-0.1, -0.05) is 65.2 Å². The molecule has 0 radical (unpaired) electrons. The van der Waals surface area contributed by atoms with E-state index in [0.29, 0.717) is 5.92 Å². The molecule has 2 nitrogen and oxygen atoms in total. The third-order valence-corrected chi connectivity index (χ3v) is 4.39. The van der Waals surface area contributed by atoms with Crippen LogP contribution in [0.2, 0.25) is 0 Å². The van der Waals surface area contributed by atoms with Crippen LogP contribution in [0.4, 0.5) is 0 Å². The summed E-state index contributed by atoms with van der Waals surface area (Å²) in [6.45, 7) is 4.54. The second kappa shape index (κ2) is 10.5. The Hall–Kier alpha value is -0.440. The van der Waals surface area contributed by atoms with Gasteiger partial charge in [-0.25, -0.2) is 0 Å². The van der Waals surface area contributed by atoms with Crippen molar-refractivity contribution in [2.75, 3.05) is 0 Å². The van der Waals surface area contributed by atoms with Crippen molar-refractivity contribution < 1.29 is 0 Å². The number of aromatic nitrogens is 2. The highest BCUT2D eigenvalue weighted by atomic mass is 32.1. The lowest BCUT2D eigenvalue weighted by Crippen LogP contribution is -1.99. The average molecular weight is 268 g/mol. The SMILES string of the molecule is CCCCCCC(CCCCCC)c1nncs1. The summed E-state index contributed by atoms with van der Waals surface area (Å²) >= 11 is 1.74. The monoisotopic (exact) mass is 268 g/mol. The minimum absolute atomic E-state index is 0.672. The largest absolute Gasteiger partial charge is 0.147 e. The van der Waals surface area contributed by atoms with E-state index in [-0.39, 0.29) is 0 Å². The number of hydrogen-bond acceptors (Lipinski definition) is 3. The van der Waals surface area contributed by atoms with E-state index < -0.39 is 0 Å². The molecule has 104 valence electrons. The van der Waals surface area contributed by atoms with Crippen molar-refractivity contribution in [2.24, 2.45) is 0 Å². The first kappa shape index (κ1) is 15.6. The van der Waals surface area contributed by atoms with Crippen LogP contribution in [0.15, 0.2) is 5.51 Å². The lowest BCUT2D eigenvalue weighted by Gasteiger charge is -2.13. The molecule has 0 spiro atoms. The summed E-state index contributed by atoms with van der Waals surface area (Å²) in [7, 11) is 0. The van der Waals surface area contributed by atoms with Crippen molar-refractivity contribution in [1.29, 1.82) is 0 Å². The molecule has 0 aliphatic carbocycles. The first-order chi connectivity index (χ1) is 8.88. The third kappa shape index (κ3) is 6.48. The first-order valence-electron chi connectivity index (χ1n) is 7.64. The van der Waals surface area contributed by atoms with Crippen LogP contribution in [0, 0.1) is 0 Å². The molecule has 0 saturated carbocycles. The quantitative estimate of drug-likeness (QED) is 0.491. The molecule has 1 aromatic heterocycles. The average Bonchev–Trinajstić information content (AvgIpc) is 2.91. The van der Waals surface area contributed by atoms with Crippen LogP contribution in [0.1, 0.15) is 89.0 Å². The van der Waals surface area contributed by atoms with Crippen LogP contribution in [-0.2, 0) is 0 Å². The highest BCUT2D eigenvalue weighted by molar-refractivity contribution is 7.09. The maximum Gasteiger partial charge on any atom is 0.120 e. The third-order valence-electron chi connectivity index (χ3n) is 3.54. The summed E-state index contributed by atoms with van der Waals surface area (Å²) in [6.07, 6.45) is 13.5. The Morgan fingerprint density at radius 2 is 1.56 bits per heavy atom. The van der Waals surface area contributed by atoms with Crippen molar-refractivity contribution in [3.05, 3.63) is 10.5 Å². The highest BCUT2D eigenvalue weighted by Gasteiger charge is 2.14. The molecule has 0 aliphatic heterocycles. The summed E-state index contributed by atoms with van der Waals surface area (Å²) in [5.41, 5.74) is 1.88. The minimum atomic E-state index is 0.672. The molecule has 0 aliphatic rings. The van der Waals surface area contributed by atoms with Gasteiger partial charge in [0.05, 0.1) is 0 Å². The molecular weight excluding hydrogens is 240 g/mol. The predicted octanol–water partition coefficient (Wildman–Crippen LogP) is 5.56. The molecule has 18 heavy (non-hydrogen) atoms. The number of nitrogens with zero attached hydrogens (tertiary/aromatic N) is 2. The molecule has 0 aromatic carbocycles. The van der Waals surface area contributed by atoms with Gasteiger partial charge in [0.15, 0.2) is 0 Å². The number of unbranched alkanes of at least 4 members (excludes halogenated alkanes) is 6. The maximum absolute atomic E-state index is 4.28. The predicted molar refractivity (Wildman–Crippen MR) is 80.2 cm³/mol. The zero-order valence-electron chi connectivity index (χ0n) is 12.0. The number of hydrogen-bond donors (Lipinski definition) is 0. The van der Waals surface area contributed by atoms with Crippen molar-refractivity contribution >= 4 is 11.3 Å². The van der Waals surface area contributed by atoms with E-state index in [1.165, 1.54) is 69.2 Å². The second-order valence-electron chi connectivity index (χ2n) is 5.17. The minimum Gasteiger partial charge on any atom is -0.147 e. The molecule has 1 aromatic rings. The zero-order chi connectivity index (χ0) is 13.1. The molecule has 0 amide bonds. The fourth-order valence-electron chi connectivity index (χ4n) is 2.39. The molecule has 0 fully saturated rings. The van der Waals surface area contributed by atoms with Gasteiger partial charge in [0, 0.05) is 5.92 Å². The summed E-state index contributed by atoms with van der Waals surface area (Å²) in [6, 6.07) is 0. The van der Waals surface area contributed by atoms with Gasteiger partial charge in [-0.2, -0.15) is 0 Å². The van der Waals surface area contributed by atoms with Crippen LogP contribution in [0.5, 0.6) is 0 Å². The zero-order valence-corrected chi connectivity index (χ0v) is 12.8. The second-order valence-corrected chi connectivity index (χ2v) is 6.04. The van der Waals surface area contributed by atoms with Crippen LogP contribution < -0.4 is 0 Å².